The van der Waals surface area contributed by atoms with Gasteiger partial charge in [0, 0.05) is 73.7 Å². The second kappa shape index (κ2) is 12.3. The molecule has 1 spiro atoms. The Balaban J connectivity index is 1.33. The van der Waals surface area contributed by atoms with Crippen molar-refractivity contribution in [3.05, 3.63) is 75.6 Å². The standard InChI is InChI=1S/C31H38FN7O6Si/c1-20-29(46(2,3)32)27(10-13-36-19-22(11-15-40)34-35-36)45-31(20)25-16-24(39(43)44)8-9-26(25)38(30(31)42)18-21-4-6-23(7-5-21)37-14-12-33-17-28(37)41/h4-9,16,19-20,27,29,33,40H,10-15,17-18H2,1-3H3/t20-,27+,29-,31+/m1/s1. The summed E-state index contributed by atoms with van der Waals surface area (Å²) in [7, 11) is -3.45. The Hall–Kier alpha value is -4.05. The zero-order valence-corrected chi connectivity index (χ0v) is 27.1. The fourth-order valence-corrected chi connectivity index (χ4v) is 9.90. The maximum atomic E-state index is 16.2. The number of rotatable bonds is 10. The van der Waals surface area contributed by atoms with Gasteiger partial charge in [-0.25, -0.2) is 0 Å². The molecule has 2 saturated heterocycles. The number of ether oxygens (including phenoxy) is 1. The number of carbonyl (C=O) groups excluding carboxylic acids is 2. The Kier molecular flexibility index (Phi) is 8.52. The molecule has 46 heavy (non-hydrogen) atoms. The van der Waals surface area contributed by atoms with E-state index in [0.717, 1.165) is 11.3 Å². The minimum atomic E-state index is -3.45. The van der Waals surface area contributed by atoms with Gasteiger partial charge in [-0.15, -0.1) is 5.10 Å². The van der Waals surface area contributed by atoms with Crippen LogP contribution in [0, 0.1) is 16.0 Å². The number of nitrogens with zero attached hydrogens (tertiary/aromatic N) is 6. The first-order chi connectivity index (χ1) is 21.9. The van der Waals surface area contributed by atoms with Crippen molar-refractivity contribution in [3.8, 4) is 0 Å². The molecule has 0 aliphatic carbocycles. The average molecular weight is 652 g/mol. The summed E-state index contributed by atoms with van der Waals surface area (Å²) in [4.78, 5) is 41.7. The number of aromatic nitrogens is 3. The number of fused-ring (bicyclic) bond motifs is 2. The van der Waals surface area contributed by atoms with Gasteiger partial charge in [0.15, 0.2) is 5.60 Å². The number of carbonyl (C=O) groups is 2. The smallest absolute Gasteiger partial charge is 0.269 e. The van der Waals surface area contributed by atoms with E-state index in [0.29, 0.717) is 49.4 Å². The zero-order valence-electron chi connectivity index (χ0n) is 26.1. The largest absolute Gasteiger partial charge is 0.396 e. The fraction of sp³-hybridized carbons (Fsp3) is 0.484. The van der Waals surface area contributed by atoms with Gasteiger partial charge in [0.1, 0.15) is 0 Å². The molecule has 2 amide bonds. The molecule has 0 saturated carbocycles. The molecule has 3 aliphatic heterocycles. The van der Waals surface area contributed by atoms with E-state index >= 15 is 4.11 Å². The number of hydrogen-bond acceptors (Lipinski definition) is 9. The number of nitro benzene ring substituents is 1. The fourth-order valence-electron chi connectivity index (χ4n) is 7.36. The van der Waals surface area contributed by atoms with Crippen LogP contribution in [0.15, 0.2) is 48.7 Å². The lowest BCUT2D eigenvalue weighted by molar-refractivity contribution is -0.385. The van der Waals surface area contributed by atoms with Crippen molar-refractivity contribution < 1.29 is 28.5 Å². The van der Waals surface area contributed by atoms with E-state index in [4.69, 9.17) is 4.74 Å². The third-order valence-corrected chi connectivity index (χ3v) is 11.9. The minimum Gasteiger partial charge on any atom is -0.396 e. The van der Waals surface area contributed by atoms with Gasteiger partial charge < -0.3 is 29.1 Å². The van der Waals surface area contributed by atoms with Gasteiger partial charge in [-0.2, -0.15) is 0 Å². The molecule has 0 radical (unpaired) electrons. The second-order valence-electron chi connectivity index (χ2n) is 12.7. The number of piperazine rings is 1. The van der Waals surface area contributed by atoms with Gasteiger partial charge in [0.2, 0.25) is 14.3 Å². The first-order valence-electron chi connectivity index (χ1n) is 15.5. The molecule has 3 aliphatic rings. The number of hydrogen-bond donors (Lipinski definition) is 2. The van der Waals surface area contributed by atoms with Crippen molar-refractivity contribution in [2.75, 3.05) is 36.0 Å². The van der Waals surface area contributed by atoms with Gasteiger partial charge in [-0.3, -0.25) is 24.4 Å². The number of aliphatic hydroxyl groups excluding tert-OH is 1. The highest BCUT2D eigenvalue weighted by atomic mass is 28.4. The lowest BCUT2D eigenvalue weighted by atomic mass is 9.82. The number of nitrogens with one attached hydrogen (secondary N) is 1. The summed E-state index contributed by atoms with van der Waals surface area (Å²) < 4.78 is 24.5. The van der Waals surface area contributed by atoms with Crippen molar-refractivity contribution in [2.45, 2.75) is 63.2 Å². The number of non-ortho nitro benzene ring substituents is 1. The number of halogens is 1. The van der Waals surface area contributed by atoms with Crippen LogP contribution < -0.4 is 15.1 Å². The Labute approximate surface area is 266 Å². The third-order valence-electron chi connectivity index (χ3n) is 9.43. The summed E-state index contributed by atoms with van der Waals surface area (Å²) in [6.45, 7) is 7.02. The van der Waals surface area contributed by atoms with Crippen molar-refractivity contribution >= 4 is 37.3 Å². The molecule has 0 unspecified atom stereocenters. The van der Waals surface area contributed by atoms with Gasteiger partial charge in [-0.05, 0) is 43.3 Å². The van der Waals surface area contributed by atoms with Gasteiger partial charge in [0.05, 0.1) is 35.5 Å². The number of benzene rings is 2. The van der Waals surface area contributed by atoms with Crippen LogP contribution in [0.4, 0.5) is 21.2 Å². The maximum Gasteiger partial charge on any atom is 0.269 e. The van der Waals surface area contributed by atoms with Crippen LogP contribution in [-0.2, 0) is 39.4 Å². The van der Waals surface area contributed by atoms with E-state index in [1.54, 1.807) is 39.8 Å². The van der Waals surface area contributed by atoms with Crippen LogP contribution in [0.2, 0.25) is 18.6 Å². The quantitative estimate of drug-likeness (QED) is 0.146. The topological polar surface area (TPSA) is 156 Å². The molecular weight excluding hydrogens is 613 g/mol. The molecule has 4 atom stereocenters. The summed E-state index contributed by atoms with van der Waals surface area (Å²) in [5.74, 6) is -1.01. The summed E-state index contributed by atoms with van der Waals surface area (Å²) in [5, 5.41) is 32.3. The molecule has 1 aromatic heterocycles. The number of anilines is 2. The SMILES string of the molecule is C[C@@H]1[C@@H]([Si](C)(C)F)[C@H](CCn2cc(CCO)nn2)O[C@@]12C(=O)N(Cc1ccc(N3CCNCC3=O)cc1)c1ccc([N+](=O)[O-])cc12. The number of aryl methyl sites for hydroxylation is 1. The van der Waals surface area contributed by atoms with Crippen LogP contribution >= 0.6 is 0 Å². The first kappa shape index (κ1) is 31.9. The molecule has 244 valence electrons. The third kappa shape index (κ3) is 5.61. The second-order valence-corrected chi connectivity index (χ2v) is 16.5. The molecule has 13 nitrogen and oxygen atoms in total. The molecule has 3 aromatic rings. The van der Waals surface area contributed by atoms with Gasteiger partial charge in [0.25, 0.3) is 11.6 Å². The van der Waals surface area contributed by atoms with E-state index in [1.807, 2.05) is 31.2 Å². The number of aliphatic hydroxyl groups is 1. The van der Waals surface area contributed by atoms with Crippen molar-refractivity contribution in [2.24, 2.45) is 5.92 Å². The average Bonchev–Trinajstić information content (AvgIpc) is 3.66. The summed E-state index contributed by atoms with van der Waals surface area (Å²) in [5.41, 5.74) is 0.691. The molecule has 4 heterocycles. The number of nitro groups is 1. The predicted molar refractivity (Wildman–Crippen MR) is 169 cm³/mol. The van der Waals surface area contributed by atoms with Crippen LogP contribution in [0.3, 0.4) is 0 Å². The summed E-state index contributed by atoms with van der Waals surface area (Å²) in [6.07, 6.45) is 1.79. The minimum absolute atomic E-state index is 0.0172. The molecule has 0 bridgehead atoms. The first-order valence-corrected chi connectivity index (χ1v) is 18.5. The van der Waals surface area contributed by atoms with Crippen molar-refractivity contribution in [1.82, 2.24) is 20.3 Å². The predicted octanol–water partition coefficient (Wildman–Crippen LogP) is 3.07. The Bertz CT molecular complexity index is 1650. The normalized spacial score (nSPS) is 24.7. The highest BCUT2D eigenvalue weighted by molar-refractivity contribution is 6.72. The molecule has 2 N–H and O–H groups in total. The van der Waals surface area contributed by atoms with Crippen LogP contribution in [0.25, 0.3) is 0 Å². The summed E-state index contributed by atoms with van der Waals surface area (Å²) in [6, 6.07) is 11.8. The molecule has 6 rings (SSSR count). The monoisotopic (exact) mass is 651 g/mol. The molecular formula is C31H38FN7O6Si. The highest BCUT2D eigenvalue weighted by Gasteiger charge is 2.66. The van der Waals surface area contributed by atoms with E-state index < -0.39 is 36.5 Å². The van der Waals surface area contributed by atoms with E-state index in [9.17, 15) is 24.8 Å². The highest BCUT2D eigenvalue weighted by Crippen LogP contribution is 2.60. The Morgan fingerprint density at radius 2 is 1.98 bits per heavy atom. The van der Waals surface area contributed by atoms with E-state index in [-0.39, 0.29) is 37.2 Å². The Morgan fingerprint density at radius 1 is 1.22 bits per heavy atom. The van der Waals surface area contributed by atoms with Crippen LogP contribution in [0.5, 0.6) is 0 Å². The van der Waals surface area contributed by atoms with E-state index in [2.05, 4.69) is 15.6 Å². The van der Waals surface area contributed by atoms with Crippen molar-refractivity contribution in [3.63, 3.8) is 0 Å². The molecule has 2 fully saturated rings. The molecule has 2 aromatic carbocycles. The molecule has 15 heteroatoms. The van der Waals surface area contributed by atoms with Crippen molar-refractivity contribution in [1.29, 1.82) is 0 Å². The lowest BCUT2D eigenvalue weighted by Crippen LogP contribution is -2.48. The maximum absolute atomic E-state index is 16.2. The summed E-state index contributed by atoms with van der Waals surface area (Å²) >= 11 is 0. The lowest BCUT2D eigenvalue weighted by Gasteiger charge is -2.31. The van der Waals surface area contributed by atoms with E-state index in [1.165, 1.54) is 12.1 Å². The van der Waals surface area contributed by atoms with Gasteiger partial charge >= 0.3 is 0 Å². The van der Waals surface area contributed by atoms with Crippen LogP contribution in [0.1, 0.15) is 30.2 Å². The van der Waals surface area contributed by atoms with Gasteiger partial charge in [-0.1, -0.05) is 24.3 Å². The Morgan fingerprint density at radius 3 is 2.65 bits per heavy atom. The number of amides is 2. The van der Waals surface area contributed by atoms with Crippen LogP contribution in [-0.4, -0.2) is 77.6 Å². The zero-order chi connectivity index (χ0) is 32.8.